The fraction of sp³-hybridized carbons (Fsp3) is 0.0526. The third-order valence-corrected chi connectivity index (χ3v) is 8.52. The van der Waals surface area contributed by atoms with E-state index in [1.807, 2.05) is 0 Å². The molecule has 0 saturated heterocycles. The van der Waals surface area contributed by atoms with Crippen molar-refractivity contribution in [2.75, 3.05) is 6.66 Å². The molecule has 0 heterocycles. The second kappa shape index (κ2) is 6.67. The summed E-state index contributed by atoms with van der Waals surface area (Å²) in [5.74, 6) is 0. The Morgan fingerprint density at radius 1 is 0.476 bits per heavy atom. The first-order chi connectivity index (χ1) is 9.82. The van der Waals surface area contributed by atoms with E-state index in [1.54, 1.807) is 0 Å². The van der Waals surface area contributed by atoms with E-state index in [1.165, 1.54) is 15.9 Å². The Morgan fingerprint density at radius 2 is 0.714 bits per heavy atom. The van der Waals surface area contributed by atoms with Gasteiger partial charge in [0.2, 0.25) is 0 Å². The van der Waals surface area contributed by atoms with Crippen LogP contribution in [0.5, 0.6) is 0 Å². The molecule has 0 fully saturated rings. The maximum atomic E-state index is 2.44. The van der Waals surface area contributed by atoms with E-state index in [2.05, 4.69) is 97.7 Å². The van der Waals surface area contributed by atoms with Crippen LogP contribution in [0.15, 0.2) is 91.0 Å². The van der Waals surface area contributed by atoms with Crippen LogP contribution in [0.1, 0.15) is 0 Å². The molecule has 1 nitrogen and oxygen atoms in total. The van der Waals surface area contributed by atoms with Gasteiger partial charge in [-0.1, -0.05) is 0 Å². The van der Waals surface area contributed by atoms with Crippen molar-refractivity contribution in [3.05, 3.63) is 91.0 Å². The van der Waals surface area contributed by atoms with Crippen LogP contribution in [-0.2, 0) is 0 Å². The minimum atomic E-state index is -1.88. The van der Waals surface area contributed by atoms with Gasteiger partial charge in [0, 0.05) is 6.15 Å². The van der Waals surface area contributed by atoms with E-state index in [4.69, 9.17) is 0 Å². The Kier molecular flexibility index (Phi) is 4.90. The van der Waals surface area contributed by atoms with Crippen LogP contribution in [0.4, 0.5) is 0 Å². The second-order valence-corrected chi connectivity index (χ2v) is 9.21. The fourth-order valence-electron chi connectivity index (χ4n) is 2.81. The smallest absolute Gasteiger partial charge is 0 e. The molecular formula is C19H19NP. The average molecular weight is 292 g/mol. The molecule has 0 saturated carbocycles. The zero-order chi connectivity index (χ0) is 13.8. The van der Waals surface area contributed by atoms with Gasteiger partial charge in [-0.2, -0.15) is 0 Å². The van der Waals surface area contributed by atoms with Crippen molar-refractivity contribution in [1.82, 2.24) is 6.15 Å². The average Bonchev–Trinajstić information content (AvgIpc) is 2.56. The maximum absolute atomic E-state index is 2.44. The molecule has 0 spiro atoms. The predicted molar refractivity (Wildman–Crippen MR) is 94.6 cm³/mol. The van der Waals surface area contributed by atoms with Gasteiger partial charge in [-0.15, -0.1) is 0 Å². The molecule has 3 aromatic carbocycles. The van der Waals surface area contributed by atoms with Crippen molar-refractivity contribution in [3.63, 3.8) is 0 Å². The second-order valence-electron chi connectivity index (χ2n) is 5.22. The van der Waals surface area contributed by atoms with Crippen molar-refractivity contribution in [2.45, 2.75) is 0 Å². The molecule has 0 aliphatic heterocycles. The molecule has 0 atom stereocenters. The van der Waals surface area contributed by atoms with Crippen molar-refractivity contribution >= 4 is 23.2 Å². The summed E-state index contributed by atoms with van der Waals surface area (Å²) >= 11 is 0. The quantitative estimate of drug-likeness (QED) is 0.665. The van der Waals surface area contributed by atoms with E-state index in [-0.39, 0.29) is 6.15 Å². The monoisotopic (exact) mass is 292 g/mol. The number of hydrogen-bond acceptors (Lipinski definition) is 0. The third kappa shape index (κ3) is 2.90. The van der Waals surface area contributed by atoms with Gasteiger partial charge in [-0.3, -0.25) is 0 Å². The Balaban J connectivity index is 0.00000161. The van der Waals surface area contributed by atoms with E-state index in [9.17, 15) is 0 Å². The topological polar surface area (TPSA) is 30.5 Å². The zero-order valence-corrected chi connectivity index (χ0v) is 13.1. The summed E-state index contributed by atoms with van der Waals surface area (Å²) in [7, 11) is -1.88. The Morgan fingerprint density at radius 3 is 0.952 bits per heavy atom. The van der Waals surface area contributed by atoms with Gasteiger partial charge in [0.15, 0.2) is 0 Å². The van der Waals surface area contributed by atoms with Crippen LogP contribution >= 0.6 is 7.26 Å². The standard InChI is InChI=1S/C19H19P.N/c1-20(17-11-5-2-6-12-17,18-13-7-3-8-14-18)19-15-9-4-10-16-19;/h2-16,20H,1H3;. The molecule has 0 aliphatic carbocycles. The minimum Gasteiger partial charge on any atom is 0 e. The molecule has 2 heteroatoms. The minimum absolute atomic E-state index is 0. The van der Waals surface area contributed by atoms with Crippen LogP contribution in [-0.4, -0.2) is 6.66 Å². The Bertz CT molecular complexity index is 569. The Hall–Kier alpha value is -1.95. The summed E-state index contributed by atoms with van der Waals surface area (Å²) < 4.78 is 0. The first kappa shape index (κ1) is 15.4. The molecule has 0 amide bonds. The molecule has 3 aromatic rings. The molecule has 0 unspecified atom stereocenters. The summed E-state index contributed by atoms with van der Waals surface area (Å²) in [6, 6.07) is 32.8. The van der Waals surface area contributed by atoms with Crippen molar-refractivity contribution in [2.24, 2.45) is 0 Å². The third-order valence-electron chi connectivity index (χ3n) is 4.05. The first-order valence-electron chi connectivity index (χ1n) is 6.98. The maximum Gasteiger partial charge on any atom is 0 e. The molecule has 105 valence electrons. The van der Waals surface area contributed by atoms with Gasteiger partial charge in [0.1, 0.15) is 0 Å². The van der Waals surface area contributed by atoms with Crippen LogP contribution in [0.25, 0.3) is 0 Å². The number of rotatable bonds is 3. The number of nitrogens with zero attached hydrogens (tertiary/aromatic N) is 1. The number of hydrogen-bond donors (Lipinski definition) is 0. The van der Waals surface area contributed by atoms with Gasteiger partial charge < -0.3 is 0 Å². The Labute approximate surface area is 127 Å². The summed E-state index contributed by atoms with van der Waals surface area (Å²) in [6.07, 6.45) is 0. The largest absolute Gasteiger partial charge is 0 e. The van der Waals surface area contributed by atoms with Crippen LogP contribution in [0, 0.1) is 0 Å². The number of benzene rings is 3. The summed E-state index contributed by atoms with van der Waals surface area (Å²) in [6.45, 7) is 2.44. The van der Waals surface area contributed by atoms with Crippen molar-refractivity contribution < 1.29 is 0 Å². The van der Waals surface area contributed by atoms with Gasteiger partial charge in [0.05, 0.1) is 0 Å². The van der Waals surface area contributed by atoms with Gasteiger partial charge in [-0.05, 0) is 0 Å². The van der Waals surface area contributed by atoms with E-state index >= 15 is 0 Å². The molecule has 21 heavy (non-hydrogen) atoms. The molecule has 3 rings (SSSR count). The summed E-state index contributed by atoms with van der Waals surface area (Å²) in [5, 5.41) is 4.37. The molecule has 0 aliphatic rings. The van der Waals surface area contributed by atoms with Crippen LogP contribution in [0.2, 0.25) is 0 Å². The van der Waals surface area contributed by atoms with Crippen molar-refractivity contribution in [1.29, 1.82) is 0 Å². The van der Waals surface area contributed by atoms with Crippen LogP contribution in [0.3, 0.4) is 0 Å². The SMILES string of the molecule is C[PH](c1ccccc1)(c1ccccc1)c1ccccc1.[N]. The van der Waals surface area contributed by atoms with Gasteiger partial charge >= 0.3 is 121 Å². The fourth-order valence-corrected chi connectivity index (χ4v) is 6.39. The normalized spacial score (nSPS) is 11.5. The molecule has 3 radical (unpaired) electrons. The summed E-state index contributed by atoms with van der Waals surface area (Å²) in [5.41, 5.74) is 0. The van der Waals surface area contributed by atoms with E-state index in [0.717, 1.165) is 0 Å². The molecular weight excluding hydrogens is 273 g/mol. The molecule has 0 aromatic heterocycles. The van der Waals surface area contributed by atoms with E-state index in [0.29, 0.717) is 0 Å². The van der Waals surface area contributed by atoms with E-state index < -0.39 is 7.26 Å². The summed E-state index contributed by atoms with van der Waals surface area (Å²) in [4.78, 5) is 0. The van der Waals surface area contributed by atoms with Gasteiger partial charge in [-0.25, -0.2) is 0 Å². The molecule has 0 bridgehead atoms. The van der Waals surface area contributed by atoms with Gasteiger partial charge in [0.25, 0.3) is 0 Å². The van der Waals surface area contributed by atoms with Crippen molar-refractivity contribution in [3.8, 4) is 0 Å². The zero-order valence-electron chi connectivity index (χ0n) is 12.1. The molecule has 0 N–H and O–H groups in total. The predicted octanol–water partition coefficient (Wildman–Crippen LogP) is 2.86. The first-order valence-corrected chi connectivity index (χ1v) is 9.48. The van der Waals surface area contributed by atoms with Crippen LogP contribution < -0.4 is 22.1 Å².